The minimum atomic E-state index is -0.274. The van der Waals surface area contributed by atoms with Crippen molar-refractivity contribution in [2.45, 2.75) is 6.42 Å². The molecule has 1 aromatic rings. The summed E-state index contributed by atoms with van der Waals surface area (Å²) in [6.07, 6.45) is 6.73. The van der Waals surface area contributed by atoms with Gasteiger partial charge in [0.25, 0.3) is 11.8 Å². The molecule has 3 fully saturated rings. The Hall–Kier alpha value is -2.15. The fourth-order valence-electron chi connectivity index (χ4n) is 4.99. The lowest BCUT2D eigenvalue weighted by molar-refractivity contribution is -0.140. The number of rotatable bonds is 3. The lowest BCUT2D eigenvalue weighted by Gasteiger charge is -2.37. The summed E-state index contributed by atoms with van der Waals surface area (Å²) in [5.74, 6) is 0.991. The fourth-order valence-corrected chi connectivity index (χ4v) is 5.44. The van der Waals surface area contributed by atoms with Crippen LogP contribution in [0, 0.1) is 35.5 Å². The van der Waals surface area contributed by atoms with Gasteiger partial charge in [-0.25, -0.2) is 0 Å². The number of halogens is 1. The molecule has 4 aliphatic carbocycles. The van der Waals surface area contributed by atoms with E-state index in [0.29, 0.717) is 27.6 Å². The van der Waals surface area contributed by atoms with Crippen molar-refractivity contribution in [3.8, 4) is 11.5 Å². The van der Waals surface area contributed by atoms with Crippen molar-refractivity contribution in [2.75, 3.05) is 7.11 Å². The van der Waals surface area contributed by atoms with Crippen LogP contribution in [-0.2, 0) is 9.59 Å². The molecule has 6 rings (SSSR count). The molecule has 0 unspecified atom stereocenters. The first-order chi connectivity index (χ1) is 12.5. The summed E-state index contributed by atoms with van der Waals surface area (Å²) in [6.45, 7) is 0. The summed E-state index contributed by atoms with van der Waals surface area (Å²) in [5.41, 5.74) is 0.371. The van der Waals surface area contributed by atoms with E-state index in [9.17, 15) is 14.7 Å². The molecule has 1 heterocycles. The van der Waals surface area contributed by atoms with E-state index in [1.165, 1.54) is 13.3 Å². The largest absolute Gasteiger partial charge is 0.506 e. The van der Waals surface area contributed by atoms with Gasteiger partial charge in [-0.05, 0) is 58.2 Å². The van der Waals surface area contributed by atoms with Crippen LogP contribution < -0.4 is 4.74 Å². The van der Waals surface area contributed by atoms with Crippen LogP contribution in [0.25, 0.3) is 0 Å². The first kappa shape index (κ1) is 16.1. The van der Waals surface area contributed by atoms with E-state index < -0.39 is 0 Å². The van der Waals surface area contributed by atoms with E-state index in [2.05, 4.69) is 33.2 Å². The number of phenolic OH excluding ortho intramolecular Hbond substituents is 1. The molecule has 2 amide bonds. The Morgan fingerprint density at radius 3 is 2.38 bits per heavy atom. The number of amides is 2. The molecule has 6 atom stereocenters. The molecule has 0 aromatic heterocycles. The number of carbonyl (C=O) groups is 2. The second-order valence-corrected chi connectivity index (χ2v) is 8.29. The number of phenols is 1. The number of imide groups is 1. The fraction of sp³-hybridized carbons (Fsp3) is 0.421. The summed E-state index contributed by atoms with van der Waals surface area (Å²) < 4.78 is 5.63. The van der Waals surface area contributed by atoms with Crippen LogP contribution in [0.4, 0.5) is 0 Å². The maximum absolute atomic E-state index is 12.9. The molecule has 5 aliphatic rings. The standard InChI is InChI=1S/C19H17BrN2O4/c1-26-9-4-8(17(23)14(20)5-9)7-21-22-18(24)15-10-2-3-11(13-6-12(10)13)16(15)19(22)25/h2-5,7,10-13,15-16,23H,6H2,1H3/b21-7-/t10-,11-,12-,13+,15+,16+/m0/s1. The maximum Gasteiger partial charge on any atom is 0.254 e. The number of ether oxygens (including phenoxy) is 1. The van der Waals surface area contributed by atoms with Crippen LogP contribution in [0.2, 0.25) is 0 Å². The van der Waals surface area contributed by atoms with Crippen molar-refractivity contribution in [1.82, 2.24) is 5.01 Å². The zero-order chi connectivity index (χ0) is 18.2. The van der Waals surface area contributed by atoms with E-state index in [4.69, 9.17) is 4.74 Å². The Labute approximate surface area is 158 Å². The number of hydrazone groups is 1. The Kier molecular flexibility index (Phi) is 3.35. The number of methoxy groups -OCH3 is 1. The SMILES string of the molecule is COc1cc(Br)c(O)c(/C=N\N2C(=O)[C@@H]3[C@H]4C=C[C@@H]([C@@H]5C[C@H]45)[C@H]3C2=O)c1. The summed E-state index contributed by atoms with van der Waals surface area (Å²) in [4.78, 5) is 25.7. The third-order valence-corrected chi connectivity index (χ3v) is 6.86. The summed E-state index contributed by atoms with van der Waals surface area (Å²) in [5, 5.41) is 15.3. The number of hydrogen-bond donors (Lipinski definition) is 1. The first-order valence-corrected chi connectivity index (χ1v) is 9.47. The number of aromatic hydroxyl groups is 1. The van der Waals surface area contributed by atoms with Gasteiger partial charge in [0.1, 0.15) is 11.5 Å². The molecule has 1 N–H and O–H groups in total. The summed E-state index contributed by atoms with van der Waals surface area (Å²) in [6, 6.07) is 3.23. The van der Waals surface area contributed by atoms with E-state index in [1.807, 2.05) is 0 Å². The highest BCUT2D eigenvalue weighted by Gasteiger charge is 2.67. The highest BCUT2D eigenvalue weighted by Crippen LogP contribution is 2.65. The lowest BCUT2D eigenvalue weighted by Crippen LogP contribution is -2.40. The number of allylic oxidation sites excluding steroid dienone is 2. The van der Waals surface area contributed by atoms with E-state index in [0.717, 1.165) is 11.4 Å². The van der Waals surface area contributed by atoms with Gasteiger partial charge in [0.15, 0.2) is 0 Å². The van der Waals surface area contributed by atoms with Gasteiger partial charge >= 0.3 is 0 Å². The second-order valence-electron chi connectivity index (χ2n) is 7.43. The molecule has 2 saturated carbocycles. The summed E-state index contributed by atoms with van der Waals surface area (Å²) >= 11 is 3.25. The van der Waals surface area contributed by atoms with Crippen molar-refractivity contribution in [3.05, 3.63) is 34.3 Å². The summed E-state index contributed by atoms with van der Waals surface area (Å²) in [7, 11) is 1.52. The van der Waals surface area contributed by atoms with Gasteiger partial charge in [-0.15, -0.1) is 0 Å². The highest BCUT2D eigenvalue weighted by molar-refractivity contribution is 9.10. The minimum Gasteiger partial charge on any atom is -0.506 e. The van der Waals surface area contributed by atoms with Crippen LogP contribution in [0.1, 0.15) is 12.0 Å². The van der Waals surface area contributed by atoms with Gasteiger partial charge in [-0.1, -0.05) is 12.2 Å². The highest BCUT2D eigenvalue weighted by atomic mass is 79.9. The quantitative estimate of drug-likeness (QED) is 0.466. The monoisotopic (exact) mass is 416 g/mol. The van der Waals surface area contributed by atoms with Crippen LogP contribution in [0.3, 0.4) is 0 Å². The molecule has 7 heteroatoms. The third kappa shape index (κ3) is 2.06. The van der Waals surface area contributed by atoms with E-state index in [1.54, 1.807) is 12.1 Å². The number of carbonyl (C=O) groups excluding carboxylic acids is 2. The van der Waals surface area contributed by atoms with Crippen molar-refractivity contribution in [1.29, 1.82) is 0 Å². The Morgan fingerprint density at radius 2 is 1.81 bits per heavy atom. The van der Waals surface area contributed by atoms with Crippen LogP contribution in [0.15, 0.2) is 33.9 Å². The molecule has 1 saturated heterocycles. The average molecular weight is 417 g/mol. The first-order valence-electron chi connectivity index (χ1n) is 8.68. The van der Waals surface area contributed by atoms with E-state index in [-0.39, 0.29) is 41.2 Å². The van der Waals surface area contributed by atoms with Crippen LogP contribution in [0.5, 0.6) is 11.5 Å². The van der Waals surface area contributed by atoms with Crippen molar-refractivity contribution < 1.29 is 19.4 Å². The maximum atomic E-state index is 12.9. The van der Waals surface area contributed by atoms with E-state index >= 15 is 0 Å². The Balaban J connectivity index is 1.46. The predicted molar refractivity (Wildman–Crippen MR) is 96.5 cm³/mol. The van der Waals surface area contributed by atoms with Gasteiger partial charge < -0.3 is 9.84 Å². The van der Waals surface area contributed by atoms with Crippen molar-refractivity contribution in [2.24, 2.45) is 40.6 Å². The van der Waals surface area contributed by atoms with Gasteiger partial charge in [-0.2, -0.15) is 10.1 Å². The molecule has 6 nitrogen and oxygen atoms in total. The number of benzene rings is 1. The van der Waals surface area contributed by atoms with Crippen LogP contribution in [-0.4, -0.2) is 35.3 Å². The van der Waals surface area contributed by atoms with Crippen molar-refractivity contribution in [3.63, 3.8) is 0 Å². The molecule has 0 spiro atoms. The van der Waals surface area contributed by atoms with Gasteiger partial charge in [-0.3, -0.25) is 9.59 Å². The van der Waals surface area contributed by atoms with Gasteiger partial charge in [0.2, 0.25) is 0 Å². The second kappa shape index (κ2) is 5.42. The molecule has 26 heavy (non-hydrogen) atoms. The molecule has 1 aromatic carbocycles. The van der Waals surface area contributed by atoms with Gasteiger partial charge in [0.05, 0.1) is 29.6 Å². The third-order valence-electron chi connectivity index (χ3n) is 6.25. The zero-order valence-corrected chi connectivity index (χ0v) is 15.6. The molecule has 2 bridgehead atoms. The normalized spacial score (nSPS) is 36.6. The molecular formula is C19H17BrN2O4. The molecule has 0 radical (unpaired) electrons. The van der Waals surface area contributed by atoms with Gasteiger partial charge in [0, 0.05) is 5.56 Å². The average Bonchev–Trinajstić information content (AvgIpc) is 3.42. The molecular weight excluding hydrogens is 400 g/mol. The molecule has 134 valence electrons. The lowest BCUT2D eigenvalue weighted by atomic mass is 9.63. The Morgan fingerprint density at radius 1 is 1.19 bits per heavy atom. The number of nitrogens with zero attached hydrogens (tertiary/aromatic N) is 2. The topological polar surface area (TPSA) is 79.2 Å². The zero-order valence-electron chi connectivity index (χ0n) is 14.0. The minimum absolute atomic E-state index is 0.0194. The number of hydrogen-bond acceptors (Lipinski definition) is 5. The van der Waals surface area contributed by atoms with Crippen LogP contribution >= 0.6 is 15.9 Å². The smallest absolute Gasteiger partial charge is 0.254 e. The van der Waals surface area contributed by atoms with Crippen molar-refractivity contribution >= 4 is 34.0 Å². The predicted octanol–water partition coefficient (Wildman–Crippen LogP) is 2.55. The molecule has 1 aliphatic heterocycles. The Bertz CT molecular complexity index is 860.